The van der Waals surface area contributed by atoms with E-state index in [2.05, 4.69) is 12.2 Å². The molecule has 1 N–H and O–H groups in total. The molecule has 1 aliphatic rings. The summed E-state index contributed by atoms with van der Waals surface area (Å²) in [5, 5.41) is 2.75. The summed E-state index contributed by atoms with van der Waals surface area (Å²) in [6, 6.07) is 4.62. The molecule has 3 nitrogen and oxygen atoms in total. The Morgan fingerprint density at radius 3 is 2.94 bits per heavy atom. The van der Waals surface area contributed by atoms with Gasteiger partial charge in [0.1, 0.15) is 5.82 Å². The summed E-state index contributed by atoms with van der Waals surface area (Å²) in [5.74, 6) is 0.249. The van der Waals surface area contributed by atoms with Gasteiger partial charge in [-0.05, 0) is 43.4 Å². The van der Waals surface area contributed by atoms with Crippen LogP contribution < -0.4 is 5.32 Å². The first-order valence-electron chi connectivity index (χ1n) is 6.38. The number of nitrogens with one attached hydrogen (secondary N) is 1. The van der Waals surface area contributed by atoms with E-state index in [-0.39, 0.29) is 11.8 Å². The van der Waals surface area contributed by atoms with Gasteiger partial charge in [0.25, 0.3) is 0 Å². The summed E-state index contributed by atoms with van der Waals surface area (Å²) < 4.78 is 13.4. The Kier molecular flexibility index (Phi) is 3.84. The van der Waals surface area contributed by atoms with Crippen molar-refractivity contribution in [3.63, 3.8) is 0 Å². The van der Waals surface area contributed by atoms with Crippen molar-refractivity contribution in [3.05, 3.63) is 29.6 Å². The SMILES string of the molecule is Cc1ccc(NC(=O)N2CCC[C@H](C)C2)cc1F. The van der Waals surface area contributed by atoms with E-state index < -0.39 is 0 Å². The van der Waals surface area contributed by atoms with Gasteiger partial charge < -0.3 is 10.2 Å². The Bertz CT molecular complexity index is 447. The van der Waals surface area contributed by atoms with E-state index in [9.17, 15) is 9.18 Å². The topological polar surface area (TPSA) is 32.3 Å². The Hall–Kier alpha value is -1.58. The number of carbonyl (C=O) groups is 1. The maximum absolute atomic E-state index is 13.4. The van der Waals surface area contributed by atoms with Crippen LogP contribution in [0.4, 0.5) is 14.9 Å². The fourth-order valence-electron chi connectivity index (χ4n) is 2.25. The molecule has 0 spiro atoms. The third kappa shape index (κ3) is 3.00. The van der Waals surface area contributed by atoms with E-state index in [0.717, 1.165) is 19.5 Å². The average molecular weight is 250 g/mol. The van der Waals surface area contributed by atoms with Crippen molar-refractivity contribution >= 4 is 11.7 Å². The molecule has 1 aliphatic heterocycles. The van der Waals surface area contributed by atoms with Crippen molar-refractivity contribution in [2.24, 2.45) is 5.92 Å². The number of anilines is 1. The lowest BCUT2D eigenvalue weighted by Gasteiger charge is -2.30. The van der Waals surface area contributed by atoms with Crippen LogP contribution in [-0.4, -0.2) is 24.0 Å². The second-order valence-electron chi connectivity index (χ2n) is 5.09. The molecule has 0 aliphatic carbocycles. The van der Waals surface area contributed by atoms with Crippen molar-refractivity contribution in [1.29, 1.82) is 0 Å². The van der Waals surface area contributed by atoms with Crippen LogP contribution in [0.5, 0.6) is 0 Å². The van der Waals surface area contributed by atoms with Crippen LogP contribution in [0.25, 0.3) is 0 Å². The maximum atomic E-state index is 13.4. The van der Waals surface area contributed by atoms with Crippen LogP contribution in [0, 0.1) is 18.7 Å². The highest BCUT2D eigenvalue weighted by Crippen LogP contribution is 2.18. The predicted molar refractivity (Wildman–Crippen MR) is 70.1 cm³/mol. The molecule has 0 unspecified atom stereocenters. The van der Waals surface area contributed by atoms with E-state index in [4.69, 9.17) is 0 Å². The van der Waals surface area contributed by atoms with Crippen LogP contribution in [0.3, 0.4) is 0 Å². The number of hydrogen-bond donors (Lipinski definition) is 1. The standard InChI is InChI=1S/C14H19FN2O/c1-10-4-3-7-17(9-10)14(18)16-12-6-5-11(2)13(15)8-12/h5-6,8,10H,3-4,7,9H2,1-2H3,(H,16,18)/t10-/m0/s1. The van der Waals surface area contributed by atoms with Gasteiger partial charge in [-0.15, -0.1) is 0 Å². The molecule has 4 heteroatoms. The summed E-state index contributed by atoms with van der Waals surface area (Å²) in [7, 11) is 0. The number of amides is 2. The molecule has 0 aromatic heterocycles. The van der Waals surface area contributed by atoms with Gasteiger partial charge in [-0.3, -0.25) is 0 Å². The molecule has 98 valence electrons. The van der Waals surface area contributed by atoms with Crippen molar-refractivity contribution in [2.75, 3.05) is 18.4 Å². The Morgan fingerprint density at radius 1 is 1.50 bits per heavy atom. The van der Waals surface area contributed by atoms with E-state index in [1.165, 1.54) is 12.5 Å². The maximum Gasteiger partial charge on any atom is 0.321 e. The van der Waals surface area contributed by atoms with Crippen LogP contribution in [0.1, 0.15) is 25.3 Å². The third-order valence-corrected chi connectivity index (χ3v) is 3.37. The van der Waals surface area contributed by atoms with E-state index in [0.29, 0.717) is 17.2 Å². The minimum absolute atomic E-state index is 0.134. The zero-order valence-corrected chi connectivity index (χ0v) is 10.9. The second-order valence-corrected chi connectivity index (χ2v) is 5.09. The molecular formula is C14H19FN2O. The summed E-state index contributed by atoms with van der Waals surface area (Å²) in [6.07, 6.45) is 2.21. The Morgan fingerprint density at radius 2 is 2.28 bits per heavy atom. The Balaban J connectivity index is 2.00. The van der Waals surface area contributed by atoms with Crippen molar-refractivity contribution in [2.45, 2.75) is 26.7 Å². The monoisotopic (exact) mass is 250 g/mol. The second kappa shape index (κ2) is 5.38. The number of piperidine rings is 1. The summed E-state index contributed by atoms with van der Waals surface area (Å²) in [6.45, 7) is 5.41. The molecule has 18 heavy (non-hydrogen) atoms. The minimum atomic E-state index is -0.292. The van der Waals surface area contributed by atoms with Crippen molar-refractivity contribution in [1.82, 2.24) is 4.90 Å². The van der Waals surface area contributed by atoms with Gasteiger partial charge in [0.05, 0.1) is 0 Å². The van der Waals surface area contributed by atoms with E-state index >= 15 is 0 Å². The number of likely N-dealkylation sites (tertiary alicyclic amines) is 1. The van der Waals surface area contributed by atoms with Gasteiger partial charge in [-0.1, -0.05) is 13.0 Å². The number of benzene rings is 1. The van der Waals surface area contributed by atoms with Crippen molar-refractivity contribution < 1.29 is 9.18 Å². The molecule has 2 amide bonds. The molecule has 1 atom stereocenters. The predicted octanol–water partition coefficient (Wildman–Crippen LogP) is 3.40. The Labute approximate surface area is 107 Å². The number of aryl methyl sites for hydroxylation is 1. The smallest absolute Gasteiger partial charge is 0.321 e. The van der Waals surface area contributed by atoms with Gasteiger partial charge in [0.15, 0.2) is 0 Å². The molecule has 1 fully saturated rings. The average Bonchev–Trinajstić information content (AvgIpc) is 2.34. The van der Waals surface area contributed by atoms with E-state index in [1.807, 2.05) is 0 Å². The van der Waals surface area contributed by atoms with Crippen LogP contribution >= 0.6 is 0 Å². The molecule has 1 aromatic carbocycles. The fourth-order valence-corrected chi connectivity index (χ4v) is 2.25. The fraction of sp³-hybridized carbons (Fsp3) is 0.500. The lowest BCUT2D eigenvalue weighted by Crippen LogP contribution is -2.41. The first-order valence-corrected chi connectivity index (χ1v) is 6.38. The lowest BCUT2D eigenvalue weighted by atomic mass is 10.0. The number of rotatable bonds is 1. The zero-order chi connectivity index (χ0) is 13.1. The zero-order valence-electron chi connectivity index (χ0n) is 10.9. The molecule has 2 rings (SSSR count). The molecule has 0 radical (unpaired) electrons. The normalized spacial score (nSPS) is 19.7. The lowest BCUT2D eigenvalue weighted by molar-refractivity contribution is 0.182. The number of nitrogens with zero attached hydrogens (tertiary/aromatic N) is 1. The molecule has 1 aromatic rings. The number of carbonyl (C=O) groups excluding carboxylic acids is 1. The number of urea groups is 1. The summed E-state index contributed by atoms with van der Waals surface area (Å²) in [4.78, 5) is 13.8. The van der Waals surface area contributed by atoms with Crippen molar-refractivity contribution in [3.8, 4) is 0 Å². The van der Waals surface area contributed by atoms with Gasteiger partial charge >= 0.3 is 6.03 Å². The summed E-state index contributed by atoms with van der Waals surface area (Å²) >= 11 is 0. The first kappa shape index (κ1) is 12.9. The molecular weight excluding hydrogens is 231 g/mol. The van der Waals surface area contributed by atoms with Gasteiger partial charge in [-0.25, -0.2) is 9.18 Å². The van der Waals surface area contributed by atoms with Gasteiger partial charge in [0.2, 0.25) is 0 Å². The van der Waals surface area contributed by atoms with E-state index in [1.54, 1.807) is 24.0 Å². The van der Waals surface area contributed by atoms with Gasteiger partial charge in [-0.2, -0.15) is 0 Å². The van der Waals surface area contributed by atoms with Crippen LogP contribution in [-0.2, 0) is 0 Å². The molecule has 1 heterocycles. The van der Waals surface area contributed by atoms with Gasteiger partial charge in [0, 0.05) is 18.8 Å². The summed E-state index contributed by atoms with van der Waals surface area (Å²) in [5.41, 5.74) is 1.10. The minimum Gasteiger partial charge on any atom is -0.324 e. The quantitative estimate of drug-likeness (QED) is 0.814. The molecule has 1 saturated heterocycles. The highest BCUT2D eigenvalue weighted by atomic mass is 19.1. The number of hydrogen-bond acceptors (Lipinski definition) is 1. The molecule has 0 bridgehead atoms. The third-order valence-electron chi connectivity index (χ3n) is 3.37. The van der Waals surface area contributed by atoms with Crippen LogP contribution in [0.2, 0.25) is 0 Å². The number of halogens is 1. The first-order chi connectivity index (χ1) is 8.56. The highest BCUT2D eigenvalue weighted by Gasteiger charge is 2.20. The van der Waals surface area contributed by atoms with Crippen LogP contribution in [0.15, 0.2) is 18.2 Å². The largest absolute Gasteiger partial charge is 0.324 e. The highest BCUT2D eigenvalue weighted by molar-refractivity contribution is 5.89. The molecule has 0 saturated carbocycles.